The molecule has 0 saturated carbocycles. The van der Waals surface area contributed by atoms with Gasteiger partial charge < -0.3 is 0 Å². The zero-order chi connectivity index (χ0) is 15.9. The molecule has 0 fully saturated rings. The highest BCUT2D eigenvalue weighted by Gasteiger charge is 2.48. The molecule has 0 spiro atoms. The Kier molecular flexibility index (Phi) is 5.07. The fourth-order valence-electron chi connectivity index (χ4n) is 2.58. The second-order valence-corrected chi connectivity index (χ2v) is 7.53. The van der Waals surface area contributed by atoms with Crippen LogP contribution >= 0.6 is 22.9 Å². The first-order valence-electron chi connectivity index (χ1n) is 7.10. The maximum Gasteiger partial charge on any atom is 0.601 e. The fraction of sp³-hybridized carbons (Fsp3) is 0.222. The van der Waals surface area contributed by atoms with E-state index in [1.54, 1.807) is 36.4 Å². The first kappa shape index (κ1) is 17.8. The van der Waals surface area contributed by atoms with E-state index in [1.807, 2.05) is 32.0 Å². The quantitative estimate of drug-likeness (QED) is 0.423. The Morgan fingerprint density at radius 3 is 2.13 bits per heavy atom. The van der Waals surface area contributed by atoms with Crippen LogP contribution in [0.3, 0.4) is 0 Å². The molecule has 0 aliphatic rings. The summed E-state index contributed by atoms with van der Waals surface area (Å²) in [6.07, 6.45) is 0. The molecule has 23 heavy (non-hydrogen) atoms. The molecule has 0 aliphatic carbocycles. The SMILES string of the molecule is CC(C)c1ccc2cc(-c3ccccc3)[s+](C(F)(F)F)c2c1.Cl. The van der Waals surface area contributed by atoms with E-state index in [0.717, 1.165) is 5.56 Å². The van der Waals surface area contributed by atoms with Gasteiger partial charge in [-0.25, -0.2) is 0 Å². The van der Waals surface area contributed by atoms with Crippen LogP contribution in [0.4, 0.5) is 13.2 Å². The average Bonchev–Trinajstić information content (AvgIpc) is 2.86. The first-order valence-corrected chi connectivity index (χ1v) is 8.32. The molecule has 1 aromatic heterocycles. The summed E-state index contributed by atoms with van der Waals surface area (Å²) in [7, 11) is -1.87. The molecule has 3 rings (SSSR count). The predicted octanol–water partition coefficient (Wildman–Crippen LogP) is 7.28. The Bertz CT molecular complexity index is 804. The van der Waals surface area contributed by atoms with Crippen LogP contribution in [0.5, 0.6) is 0 Å². The van der Waals surface area contributed by atoms with Crippen molar-refractivity contribution in [1.82, 2.24) is 0 Å². The largest absolute Gasteiger partial charge is 0.601 e. The molecular weight excluding hydrogens is 341 g/mol. The molecule has 2 aromatic carbocycles. The van der Waals surface area contributed by atoms with Crippen molar-refractivity contribution < 1.29 is 13.2 Å². The first-order chi connectivity index (χ1) is 10.4. The maximum absolute atomic E-state index is 13.7. The third-order valence-corrected chi connectivity index (χ3v) is 5.77. The molecule has 0 N–H and O–H groups in total. The smallest absolute Gasteiger partial charge is 0.147 e. The van der Waals surface area contributed by atoms with Gasteiger partial charge in [-0.15, -0.1) is 25.6 Å². The predicted molar refractivity (Wildman–Crippen MR) is 94.5 cm³/mol. The number of rotatable bonds is 2. The van der Waals surface area contributed by atoms with E-state index in [0.29, 0.717) is 20.5 Å². The van der Waals surface area contributed by atoms with Crippen molar-refractivity contribution in [1.29, 1.82) is 0 Å². The van der Waals surface area contributed by atoms with Gasteiger partial charge in [-0.2, -0.15) is 0 Å². The highest BCUT2D eigenvalue weighted by atomic mass is 35.5. The summed E-state index contributed by atoms with van der Waals surface area (Å²) in [5, 5.41) is 0.684. The van der Waals surface area contributed by atoms with Crippen molar-refractivity contribution in [3.8, 4) is 10.4 Å². The molecule has 0 aliphatic heterocycles. The molecule has 0 radical (unpaired) electrons. The van der Waals surface area contributed by atoms with Gasteiger partial charge in [0.05, 0.1) is 0 Å². The normalized spacial score (nSPS) is 12.5. The summed E-state index contributed by atoms with van der Waals surface area (Å²) in [6.45, 7) is 3.99. The molecule has 1 heterocycles. The van der Waals surface area contributed by atoms with Crippen LogP contribution < -0.4 is 0 Å². The van der Waals surface area contributed by atoms with E-state index in [4.69, 9.17) is 0 Å². The van der Waals surface area contributed by atoms with Gasteiger partial charge in [-0.05, 0) is 29.7 Å². The minimum atomic E-state index is -4.26. The number of hydrogen-bond donors (Lipinski definition) is 0. The number of halogens is 4. The van der Waals surface area contributed by atoms with Crippen molar-refractivity contribution in [3.05, 3.63) is 60.2 Å². The molecule has 0 saturated heterocycles. The third kappa shape index (κ3) is 3.38. The van der Waals surface area contributed by atoms with Crippen LogP contribution in [0.2, 0.25) is 0 Å². The number of hydrogen-bond acceptors (Lipinski definition) is 0. The Hall–Kier alpha value is -1.52. The lowest BCUT2D eigenvalue weighted by Gasteiger charge is -2.04. The standard InChI is InChI=1S/C18H16F3S.ClH/c1-12(2)14-8-9-15-11-16(13-6-4-3-5-7-13)22(17(15)10-14)18(19,20)21;/h3-12H,1-2H3;1H/q+1;. The van der Waals surface area contributed by atoms with Crippen molar-refractivity contribution in [2.24, 2.45) is 0 Å². The van der Waals surface area contributed by atoms with Gasteiger partial charge in [-0.1, -0.05) is 38.1 Å². The van der Waals surface area contributed by atoms with Gasteiger partial charge in [0.15, 0.2) is 9.58 Å². The molecule has 0 amide bonds. The van der Waals surface area contributed by atoms with Gasteiger partial charge in [0.25, 0.3) is 0 Å². The zero-order valence-electron chi connectivity index (χ0n) is 12.7. The molecule has 1 atom stereocenters. The fourth-order valence-corrected chi connectivity index (χ4v) is 4.55. The van der Waals surface area contributed by atoms with E-state index in [2.05, 4.69) is 0 Å². The maximum atomic E-state index is 13.7. The summed E-state index contributed by atoms with van der Waals surface area (Å²) in [5.41, 5.74) is -2.67. The van der Waals surface area contributed by atoms with Gasteiger partial charge in [0, 0.05) is 23.1 Å². The Labute approximate surface area is 142 Å². The molecule has 3 aromatic rings. The van der Waals surface area contributed by atoms with Crippen molar-refractivity contribution >= 4 is 33.0 Å². The van der Waals surface area contributed by atoms with Crippen LogP contribution in [0, 0.1) is 0 Å². The van der Waals surface area contributed by atoms with Crippen LogP contribution in [-0.2, 0) is 5.51 Å². The van der Waals surface area contributed by atoms with Crippen molar-refractivity contribution in [3.63, 3.8) is 0 Å². The van der Waals surface area contributed by atoms with Gasteiger partial charge in [-0.3, -0.25) is 0 Å². The molecule has 5 heteroatoms. The van der Waals surface area contributed by atoms with Gasteiger partial charge in [0.1, 0.15) is 10.5 Å². The van der Waals surface area contributed by atoms with Crippen molar-refractivity contribution in [2.45, 2.75) is 25.3 Å². The minimum Gasteiger partial charge on any atom is -0.147 e. The second kappa shape index (κ2) is 6.54. The lowest BCUT2D eigenvalue weighted by Crippen LogP contribution is -1.97. The second-order valence-electron chi connectivity index (χ2n) is 5.58. The Balaban J connectivity index is 0.00000192. The van der Waals surface area contributed by atoms with Crippen molar-refractivity contribution in [2.75, 3.05) is 0 Å². The van der Waals surface area contributed by atoms with E-state index in [9.17, 15) is 13.2 Å². The topological polar surface area (TPSA) is 0 Å². The summed E-state index contributed by atoms with van der Waals surface area (Å²) in [6, 6.07) is 16.0. The lowest BCUT2D eigenvalue weighted by molar-refractivity contribution is -0.0864. The Morgan fingerprint density at radius 2 is 1.57 bits per heavy atom. The minimum absolute atomic E-state index is 0. The molecule has 0 nitrogen and oxygen atoms in total. The monoisotopic (exact) mass is 357 g/mol. The van der Waals surface area contributed by atoms with E-state index < -0.39 is 16.0 Å². The molecule has 122 valence electrons. The zero-order valence-corrected chi connectivity index (χ0v) is 14.4. The van der Waals surface area contributed by atoms with E-state index in [-0.39, 0.29) is 18.3 Å². The summed E-state index contributed by atoms with van der Waals surface area (Å²) < 4.78 is 41.4. The van der Waals surface area contributed by atoms with Crippen LogP contribution in [0.25, 0.3) is 20.5 Å². The number of benzene rings is 2. The van der Waals surface area contributed by atoms with Gasteiger partial charge >= 0.3 is 5.51 Å². The summed E-state index contributed by atoms with van der Waals surface area (Å²) in [5.74, 6) is 0.213. The molecule has 1 unspecified atom stereocenters. The summed E-state index contributed by atoms with van der Waals surface area (Å²) >= 11 is 0. The molecular formula is C18H17ClF3S+. The Morgan fingerprint density at radius 1 is 0.913 bits per heavy atom. The highest BCUT2D eigenvalue weighted by Crippen LogP contribution is 2.54. The average molecular weight is 358 g/mol. The third-order valence-electron chi connectivity index (χ3n) is 3.72. The van der Waals surface area contributed by atoms with Crippen LogP contribution in [0.15, 0.2) is 54.6 Å². The number of alkyl halides is 3. The van der Waals surface area contributed by atoms with Crippen LogP contribution in [0.1, 0.15) is 25.3 Å². The lowest BCUT2D eigenvalue weighted by atomic mass is 10.0. The summed E-state index contributed by atoms with van der Waals surface area (Å²) in [4.78, 5) is 0.365. The van der Waals surface area contributed by atoms with Gasteiger partial charge in [0.2, 0.25) is 0 Å². The molecule has 0 bridgehead atoms. The van der Waals surface area contributed by atoms with E-state index >= 15 is 0 Å². The van der Waals surface area contributed by atoms with E-state index in [1.165, 1.54) is 0 Å². The van der Waals surface area contributed by atoms with Crippen LogP contribution in [-0.4, -0.2) is 0 Å². The number of fused-ring (bicyclic) bond motifs is 1. The highest BCUT2D eigenvalue weighted by molar-refractivity contribution is 7.41. The number of thiophene rings is 1.